The average Bonchev–Trinajstić information content (AvgIpc) is 2.43. The van der Waals surface area contributed by atoms with Crippen LogP contribution in [0, 0.1) is 6.92 Å². The minimum Gasteiger partial charge on any atom is -0.383 e. The Morgan fingerprint density at radius 3 is 2.53 bits per heavy atom. The summed E-state index contributed by atoms with van der Waals surface area (Å²) in [7, 11) is 0. The van der Waals surface area contributed by atoms with E-state index < -0.39 is 0 Å². The summed E-state index contributed by atoms with van der Waals surface area (Å²) in [5, 5.41) is 2.30. The summed E-state index contributed by atoms with van der Waals surface area (Å²) < 4.78 is 0.761. The van der Waals surface area contributed by atoms with E-state index in [9.17, 15) is 0 Å². The number of nitrogens with two attached hydrogens (primary N) is 1. The fourth-order valence-corrected chi connectivity index (χ4v) is 2.30. The number of hydrogen-bond acceptors (Lipinski definition) is 3. The van der Waals surface area contributed by atoms with Gasteiger partial charge in [-0.05, 0) is 33.6 Å². The Hall–Kier alpha value is -1.94. The third kappa shape index (κ3) is 2.08. The molecule has 0 aliphatic rings. The van der Waals surface area contributed by atoms with Gasteiger partial charge in [0.05, 0.1) is 10.2 Å². The van der Waals surface area contributed by atoms with Gasteiger partial charge in [-0.25, -0.2) is 9.97 Å². The minimum atomic E-state index is 0.468. The molecule has 0 bridgehead atoms. The van der Waals surface area contributed by atoms with Crippen molar-refractivity contribution in [3.05, 3.63) is 52.6 Å². The van der Waals surface area contributed by atoms with Crippen molar-refractivity contribution >= 4 is 32.5 Å². The third-order valence-corrected chi connectivity index (χ3v) is 4.05. The SMILES string of the molecule is Cc1nc(-c2cccc3ccccc23)nc(N)c1Br. The number of anilines is 1. The lowest BCUT2D eigenvalue weighted by molar-refractivity contribution is 1.10. The van der Waals surface area contributed by atoms with Crippen LogP contribution in [-0.2, 0) is 0 Å². The quantitative estimate of drug-likeness (QED) is 0.740. The van der Waals surface area contributed by atoms with E-state index in [-0.39, 0.29) is 0 Å². The van der Waals surface area contributed by atoms with Crippen LogP contribution >= 0.6 is 15.9 Å². The average molecular weight is 314 g/mol. The van der Waals surface area contributed by atoms with Crippen LogP contribution in [-0.4, -0.2) is 9.97 Å². The lowest BCUT2D eigenvalue weighted by Crippen LogP contribution is -2.00. The van der Waals surface area contributed by atoms with Crippen molar-refractivity contribution in [2.45, 2.75) is 6.92 Å². The minimum absolute atomic E-state index is 0.468. The van der Waals surface area contributed by atoms with Gasteiger partial charge in [0.1, 0.15) is 5.82 Å². The molecule has 0 saturated heterocycles. The van der Waals surface area contributed by atoms with E-state index >= 15 is 0 Å². The first-order valence-corrected chi connectivity index (χ1v) is 6.74. The predicted octanol–water partition coefficient (Wildman–Crippen LogP) is 3.95. The third-order valence-electron chi connectivity index (χ3n) is 3.07. The number of rotatable bonds is 1. The molecule has 3 aromatic rings. The molecule has 0 radical (unpaired) electrons. The van der Waals surface area contributed by atoms with Gasteiger partial charge in [-0.1, -0.05) is 42.5 Å². The van der Waals surface area contributed by atoms with Crippen molar-refractivity contribution in [3.8, 4) is 11.4 Å². The maximum atomic E-state index is 5.90. The number of fused-ring (bicyclic) bond motifs is 1. The second kappa shape index (κ2) is 4.63. The smallest absolute Gasteiger partial charge is 0.162 e. The van der Waals surface area contributed by atoms with Crippen LogP contribution in [0.3, 0.4) is 0 Å². The molecule has 0 aliphatic heterocycles. The van der Waals surface area contributed by atoms with Crippen molar-refractivity contribution in [2.24, 2.45) is 0 Å². The van der Waals surface area contributed by atoms with E-state index in [2.05, 4.69) is 44.1 Å². The first kappa shape index (κ1) is 12.1. The van der Waals surface area contributed by atoms with Crippen LogP contribution in [0.4, 0.5) is 5.82 Å². The van der Waals surface area contributed by atoms with Crippen LogP contribution in [0.15, 0.2) is 46.9 Å². The molecule has 0 amide bonds. The van der Waals surface area contributed by atoms with Gasteiger partial charge in [-0.3, -0.25) is 0 Å². The highest BCUT2D eigenvalue weighted by molar-refractivity contribution is 9.10. The van der Waals surface area contributed by atoms with Gasteiger partial charge in [0.2, 0.25) is 0 Å². The number of hydrogen-bond donors (Lipinski definition) is 1. The Balaban J connectivity index is 2.31. The maximum absolute atomic E-state index is 5.90. The normalized spacial score (nSPS) is 10.8. The number of aromatic nitrogens is 2. The molecule has 94 valence electrons. The molecule has 1 aromatic heterocycles. The van der Waals surface area contributed by atoms with Gasteiger partial charge in [-0.2, -0.15) is 0 Å². The summed E-state index contributed by atoms with van der Waals surface area (Å²) in [5.41, 5.74) is 7.75. The zero-order valence-electron chi connectivity index (χ0n) is 10.4. The molecular formula is C15H12BrN3. The number of halogens is 1. The van der Waals surface area contributed by atoms with E-state index in [1.807, 2.05) is 31.2 Å². The first-order valence-electron chi connectivity index (χ1n) is 5.94. The van der Waals surface area contributed by atoms with E-state index in [0.29, 0.717) is 11.6 Å². The number of nitrogens with zero attached hydrogens (tertiary/aromatic N) is 2. The first-order chi connectivity index (χ1) is 9.16. The molecule has 4 heteroatoms. The Bertz CT molecular complexity index is 740. The fourth-order valence-electron chi connectivity index (χ4n) is 2.12. The molecule has 0 unspecified atom stereocenters. The largest absolute Gasteiger partial charge is 0.383 e. The van der Waals surface area contributed by atoms with E-state index in [1.165, 1.54) is 5.39 Å². The van der Waals surface area contributed by atoms with Crippen molar-refractivity contribution in [1.29, 1.82) is 0 Å². The van der Waals surface area contributed by atoms with Crippen LogP contribution in [0.5, 0.6) is 0 Å². The lowest BCUT2D eigenvalue weighted by atomic mass is 10.0. The van der Waals surface area contributed by atoms with Gasteiger partial charge < -0.3 is 5.73 Å². The van der Waals surface area contributed by atoms with Crippen LogP contribution < -0.4 is 5.73 Å². The van der Waals surface area contributed by atoms with E-state index in [1.54, 1.807) is 0 Å². The van der Waals surface area contributed by atoms with Crippen molar-refractivity contribution in [2.75, 3.05) is 5.73 Å². The Morgan fingerprint density at radius 1 is 1.00 bits per heavy atom. The highest BCUT2D eigenvalue weighted by atomic mass is 79.9. The van der Waals surface area contributed by atoms with Crippen LogP contribution in [0.2, 0.25) is 0 Å². The zero-order valence-corrected chi connectivity index (χ0v) is 12.0. The van der Waals surface area contributed by atoms with Gasteiger partial charge in [-0.15, -0.1) is 0 Å². The summed E-state index contributed by atoms with van der Waals surface area (Å²) in [5.74, 6) is 1.13. The highest BCUT2D eigenvalue weighted by Gasteiger charge is 2.10. The zero-order chi connectivity index (χ0) is 13.4. The molecule has 2 N–H and O–H groups in total. The molecule has 3 rings (SSSR count). The Labute approximate surface area is 119 Å². The molecule has 3 nitrogen and oxygen atoms in total. The Morgan fingerprint density at radius 2 is 1.74 bits per heavy atom. The highest BCUT2D eigenvalue weighted by Crippen LogP contribution is 2.29. The van der Waals surface area contributed by atoms with Crippen LogP contribution in [0.1, 0.15) is 5.69 Å². The predicted molar refractivity (Wildman–Crippen MR) is 81.8 cm³/mol. The van der Waals surface area contributed by atoms with Crippen LogP contribution in [0.25, 0.3) is 22.2 Å². The molecule has 0 saturated carbocycles. The van der Waals surface area contributed by atoms with Crippen molar-refractivity contribution < 1.29 is 0 Å². The standard InChI is InChI=1S/C15H12BrN3/c1-9-13(16)14(17)19-15(18-9)12-8-4-6-10-5-2-3-7-11(10)12/h2-8H,1H3,(H2,17,18,19). The topological polar surface area (TPSA) is 51.8 Å². The molecule has 0 spiro atoms. The molecule has 0 atom stereocenters. The van der Waals surface area contributed by atoms with Crippen molar-refractivity contribution in [1.82, 2.24) is 9.97 Å². The van der Waals surface area contributed by atoms with E-state index in [0.717, 1.165) is 21.1 Å². The monoisotopic (exact) mass is 313 g/mol. The second-order valence-electron chi connectivity index (χ2n) is 4.36. The lowest BCUT2D eigenvalue weighted by Gasteiger charge is -2.08. The molecule has 0 aliphatic carbocycles. The molecule has 19 heavy (non-hydrogen) atoms. The molecule has 2 aromatic carbocycles. The van der Waals surface area contributed by atoms with E-state index in [4.69, 9.17) is 5.73 Å². The molecular weight excluding hydrogens is 302 g/mol. The number of aryl methyl sites for hydroxylation is 1. The number of nitrogen functional groups attached to an aromatic ring is 1. The maximum Gasteiger partial charge on any atom is 0.162 e. The second-order valence-corrected chi connectivity index (χ2v) is 5.15. The summed E-state index contributed by atoms with van der Waals surface area (Å²) in [4.78, 5) is 8.89. The fraction of sp³-hybridized carbons (Fsp3) is 0.0667. The summed E-state index contributed by atoms with van der Waals surface area (Å²) in [6.45, 7) is 1.91. The van der Waals surface area contributed by atoms with Gasteiger partial charge in [0, 0.05) is 5.56 Å². The Kier molecular flexibility index (Phi) is 2.95. The molecule has 1 heterocycles. The summed E-state index contributed by atoms with van der Waals surface area (Å²) >= 11 is 3.39. The summed E-state index contributed by atoms with van der Waals surface area (Å²) in [6, 6.07) is 14.3. The van der Waals surface area contributed by atoms with Crippen molar-refractivity contribution in [3.63, 3.8) is 0 Å². The summed E-state index contributed by atoms with van der Waals surface area (Å²) in [6.07, 6.45) is 0. The van der Waals surface area contributed by atoms with Gasteiger partial charge in [0.25, 0.3) is 0 Å². The number of benzene rings is 2. The van der Waals surface area contributed by atoms with Gasteiger partial charge >= 0.3 is 0 Å². The van der Waals surface area contributed by atoms with Gasteiger partial charge in [0.15, 0.2) is 5.82 Å². The molecule has 0 fully saturated rings.